The van der Waals surface area contributed by atoms with E-state index in [0.29, 0.717) is 6.54 Å². The van der Waals surface area contributed by atoms with Gasteiger partial charge in [0.05, 0.1) is 23.2 Å². The molecule has 2 aliphatic rings. The molecule has 0 N–H and O–H groups in total. The van der Waals surface area contributed by atoms with Crippen LogP contribution in [0.25, 0.3) is 0 Å². The second-order valence-corrected chi connectivity index (χ2v) is 8.22. The van der Waals surface area contributed by atoms with Crippen molar-refractivity contribution in [2.45, 2.75) is 39.3 Å². The molecule has 2 aromatic rings. The van der Waals surface area contributed by atoms with Gasteiger partial charge in [-0.25, -0.2) is 0 Å². The molecule has 2 aromatic heterocycles. The first kappa shape index (κ1) is 15.8. The minimum absolute atomic E-state index is 0.162. The Labute approximate surface area is 146 Å². The molecule has 0 aliphatic carbocycles. The monoisotopic (exact) mass is 344 g/mol. The molecule has 1 amide bonds. The van der Waals surface area contributed by atoms with Crippen LogP contribution in [-0.4, -0.2) is 51.7 Å². The molecule has 24 heavy (non-hydrogen) atoms. The first-order valence-electron chi connectivity index (χ1n) is 8.73. The van der Waals surface area contributed by atoms with Crippen molar-refractivity contribution >= 4 is 17.2 Å². The summed E-state index contributed by atoms with van der Waals surface area (Å²) in [6.45, 7) is 8.89. The molecule has 0 spiro atoms. The van der Waals surface area contributed by atoms with Gasteiger partial charge in [-0.2, -0.15) is 5.10 Å². The number of aromatic nitrogens is 2. The van der Waals surface area contributed by atoms with Gasteiger partial charge in [-0.05, 0) is 57.5 Å². The third-order valence-electron chi connectivity index (χ3n) is 5.21. The zero-order valence-electron chi connectivity index (χ0n) is 14.4. The molecule has 4 rings (SSSR count). The second-order valence-electron chi connectivity index (χ2n) is 6.96. The Morgan fingerprint density at radius 1 is 1.33 bits per heavy atom. The van der Waals surface area contributed by atoms with E-state index < -0.39 is 0 Å². The molecule has 0 radical (unpaired) electrons. The van der Waals surface area contributed by atoms with Crippen molar-refractivity contribution in [2.24, 2.45) is 0 Å². The average molecular weight is 344 g/mol. The Morgan fingerprint density at radius 3 is 2.83 bits per heavy atom. The molecule has 1 saturated heterocycles. The first-order chi connectivity index (χ1) is 11.6. The molecule has 5 nitrogen and oxygen atoms in total. The molecule has 1 fully saturated rings. The average Bonchev–Trinajstić information content (AvgIpc) is 3.29. The van der Waals surface area contributed by atoms with E-state index in [9.17, 15) is 4.79 Å². The molecule has 6 heteroatoms. The number of rotatable bonds is 3. The molecule has 0 saturated carbocycles. The molecule has 2 aliphatic heterocycles. The Balaban J connectivity index is 1.55. The Hall–Kier alpha value is -1.66. The minimum atomic E-state index is 0.162. The summed E-state index contributed by atoms with van der Waals surface area (Å²) in [5, 5.41) is 4.52. The van der Waals surface area contributed by atoms with Crippen LogP contribution in [0.2, 0.25) is 0 Å². The highest BCUT2D eigenvalue weighted by Crippen LogP contribution is 2.27. The van der Waals surface area contributed by atoms with Gasteiger partial charge in [-0.3, -0.25) is 9.48 Å². The van der Waals surface area contributed by atoms with E-state index in [4.69, 9.17) is 0 Å². The summed E-state index contributed by atoms with van der Waals surface area (Å²) in [7, 11) is 0. The fourth-order valence-electron chi connectivity index (χ4n) is 3.77. The molecule has 0 aromatic carbocycles. The standard InChI is InChI=1S/C18H24N4OS/c1-13-9-17(24-14(13)2)18(23)21-11-15-5-6-19-22(15)16(12-21)10-20-7-3-4-8-20/h5-6,9,16H,3-4,7-8,10-12H2,1-2H3. The summed E-state index contributed by atoms with van der Waals surface area (Å²) in [6.07, 6.45) is 4.43. The highest BCUT2D eigenvalue weighted by Gasteiger charge is 2.31. The van der Waals surface area contributed by atoms with Gasteiger partial charge in [0.2, 0.25) is 0 Å². The van der Waals surface area contributed by atoms with Crippen molar-refractivity contribution in [3.8, 4) is 0 Å². The molecule has 4 heterocycles. The van der Waals surface area contributed by atoms with Gasteiger partial charge in [-0.15, -0.1) is 11.3 Å². The van der Waals surface area contributed by atoms with Gasteiger partial charge in [0.15, 0.2) is 0 Å². The summed E-state index contributed by atoms with van der Waals surface area (Å²) in [4.78, 5) is 19.6. The summed E-state index contributed by atoms with van der Waals surface area (Å²) in [5.74, 6) is 0.162. The maximum atomic E-state index is 13.0. The van der Waals surface area contributed by atoms with Gasteiger partial charge in [0, 0.05) is 24.2 Å². The summed E-state index contributed by atoms with van der Waals surface area (Å²) >= 11 is 1.61. The normalized spacial score (nSPS) is 21.2. The van der Waals surface area contributed by atoms with Crippen molar-refractivity contribution in [3.63, 3.8) is 0 Å². The van der Waals surface area contributed by atoms with Crippen LogP contribution >= 0.6 is 11.3 Å². The zero-order chi connectivity index (χ0) is 16.7. The number of carbonyl (C=O) groups excluding carboxylic acids is 1. The van der Waals surface area contributed by atoms with E-state index in [0.717, 1.165) is 23.7 Å². The fraction of sp³-hybridized carbons (Fsp3) is 0.556. The van der Waals surface area contributed by atoms with E-state index in [1.165, 1.54) is 36.4 Å². The molecular formula is C18H24N4OS. The maximum Gasteiger partial charge on any atom is 0.264 e. The van der Waals surface area contributed by atoms with Crippen LogP contribution in [0, 0.1) is 13.8 Å². The summed E-state index contributed by atoms with van der Waals surface area (Å²) in [5.41, 5.74) is 2.35. The number of fused-ring (bicyclic) bond motifs is 1. The fourth-order valence-corrected chi connectivity index (χ4v) is 4.78. The lowest BCUT2D eigenvalue weighted by Crippen LogP contribution is -2.44. The number of nitrogens with zero attached hydrogens (tertiary/aromatic N) is 4. The van der Waals surface area contributed by atoms with Crippen LogP contribution in [-0.2, 0) is 6.54 Å². The smallest absolute Gasteiger partial charge is 0.264 e. The Kier molecular flexibility index (Phi) is 4.18. The van der Waals surface area contributed by atoms with Crippen LogP contribution in [0.5, 0.6) is 0 Å². The number of hydrogen-bond donors (Lipinski definition) is 0. The first-order valence-corrected chi connectivity index (χ1v) is 9.54. The van der Waals surface area contributed by atoms with E-state index in [-0.39, 0.29) is 11.9 Å². The van der Waals surface area contributed by atoms with E-state index in [1.54, 1.807) is 11.3 Å². The number of aryl methyl sites for hydroxylation is 2. The molecule has 0 bridgehead atoms. The van der Waals surface area contributed by atoms with Crippen LogP contribution in [0.3, 0.4) is 0 Å². The third kappa shape index (κ3) is 2.89. The largest absolute Gasteiger partial charge is 0.330 e. The Morgan fingerprint density at radius 2 is 2.12 bits per heavy atom. The predicted molar refractivity (Wildman–Crippen MR) is 95.5 cm³/mol. The van der Waals surface area contributed by atoms with Gasteiger partial charge >= 0.3 is 0 Å². The van der Waals surface area contributed by atoms with Crippen molar-refractivity contribution in [3.05, 3.63) is 39.3 Å². The predicted octanol–water partition coefficient (Wildman–Crippen LogP) is 2.85. The number of thiophene rings is 1. The molecule has 1 unspecified atom stereocenters. The lowest BCUT2D eigenvalue weighted by Gasteiger charge is -2.35. The summed E-state index contributed by atoms with van der Waals surface area (Å²) in [6, 6.07) is 4.33. The number of carbonyl (C=O) groups is 1. The second kappa shape index (κ2) is 6.33. The Bertz CT molecular complexity index is 725. The van der Waals surface area contributed by atoms with Gasteiger partial charge < -0.3 is 9.80 Å². The number of hydrogen-bond acceptors (Lipinski definition) is 4. The van der Waals surface area contributed by atoms with Crippen molar-refractivity contribution in [1.82, 2.24) is 19.6 Å². The van der Waals surface area contributed by atoms with E-state index >= 15 is 0 Å². The minimum Gasteiger partial charge on any atom is -0.330 e. The lowest BCUT2D eigenvalue weighted by molar-refractivity contribution is 0.0651. The van der Waals surface area contributed by atoms with Gasteiger partial charge in [0.25, 0.3) is 5.91 Å². The van der Waals surface area contributed by atoms with Crippen LogP contribution in [0.1, 0.15) is 44.7 Å². The van der Waals surface area contributed by atoms with Crippen molar-refractivity contribution in [2.75, 3.05) is 26.2 Å². The quantitative estimate of drug-likeness (QED) is 0.860. The number of amides is 1. The topological polar surface area (TPSA) is 41.4 Å². The van der Waals surface area contributed by atoms with Crippen LogP contribution in [0.4, 0.5) is 0 Å². The number of likely N-dealkylation sites (tertiary alicyclic amines) is 1. The van der Waals surface area contributed by atoms with Crippen molar-refractivity contribution < 1.29 is 4.79 Å². The van der Waals surface area contributed by atoms with Gasteiger partial charge in [0.1, 0.15) is 0 Å². The molecular weight excluding hydrogens is 320 g/mol. The third-order valence-corrected chi connectivity index (χ3v) is 6.35. The lowest BCUT2D eigenvalue weighted by atomic mass is 10.1. The van der Waals surface area contributed by atoms with Crippen LogP contribution < -0.4 is 0 Å². The highest BCUT2D eigenvalue weighted by atomic mass is 32.1. The van der Waals surface area contributed by atoms with Crippen LogP contribution in [0.15, 0.2) is 18.3 Å². The van der Waals surface area contributed by atoms with Crippen molar-refractivity contribution in [1.29, 1.82) is 0 Å². The zero-order valence-corrected chi connectivity index (χ0v) is 15.2. The van der Waals surface area contributed by atoms with E-state index in [1.807, 2.05) is 23.2 Å². The van der Waals surface area contributed by atoms with Gasteiger partial charge in [-0.1, -0.05) is 0 Å². The molecule has 128 valence electrons. The SMILES string of the molecule is Cc1cc(C(=O)N2Cc3ccnn3C(CN3CCCC3)C2)sc1C. The van der Waals surface area contributed by atoms with E-state index in [2.05, 4.69) is 28.5 Å². The summed E-state index contributed by atoms with van der Waals surface area (Å²) < 4.78 is 2.13. The molecule has 1 atom stereocenters. The maximum absolute atomic E-state index is 13.0. The highest BCUT2D eigenvalue weighted by molar-refractivity contribution is 7.14.